The number of nitrogens with zero attached hydrogens (tertiary/aromatic N) is 1. The topological polar surface area (TPSA) is 45.1 Å². The van der Waals surface area contributed by atoms with Crippen LogP contribution in [0.1, 0.15) is 18.4 Å². The molecule has 82 valence electrons. The molecule has 1 aliphatic rings. The largest absolute Gasteiger partial charge is 0.396 e. The molecule has 2 N–H and O–H groups in total. The van der Waals surface area contributed by atoms with Gasteiger partial charge in [-0.3, -0.25) is 0 Å². The van der Waals surface area contributed by atoms with Gasteiger partial charge in [0.15, 0.2) is 0 Å². The molecule has 1 saturated carbocycles. The SMILES string of the molecule is OCCSc1ccc(CNC2CC2)cn1. The van der Waals surface area contributed by atoms with Crippen molar-refractivity contribution in [3.63, 3.8) is 0 Å². The van der Waals surface area contributed by atoms with Crippen LogP contribution in [0, 0.1) is 0 Å². The molecule has 1 heterocycles. The van der Waals surface area contributed by atoms with E-state index in [2.05, 4.69) is 16.4 Å². The van der Waals surface area contributed by atoms with Crippen molar-refractivity contribution in [1.82, 2.24) is 10.3 Å². The molecule has 0 bridgehead atoms. The zero-order valence-electron chi connectivity index (χ0n) is 8.65. The molecule has 0 atom stereocenters. The van der Waals surface area contributed by atoms with E-state index in [1.807, 2.05) is 12.3 Å². The molecule has 1 aromatic rings. The number of hydrogen-bond acceptors (Lipinski definition) is 4. The van der Waals surface area contributed by atoms with Crippen LogP contribution in [0.25, 0.3) is 0 Å². The second-order valence-corrected chi connectivity index (χ2v) is 4.85. The third-order valence-corrected chi connectivity index (χ3v) is 3.23. The first-order chi connectivity index (χ1) is 7.38. The van der Waals surface area contributed by atoms with E-state index in [-0.39, 0.29) is 6.61 Å². The maximum atomic E-state index is 8.68. The maximum absolute atomic E-state index is 8.68. The van der Waals surface area contributed by atoms with Gasteiger partial charge in [-0.2, -0.15) is 0 Å². The molecule has 0 aliphatic heterocycles. The Morgan fingerprint density at radius 3 is 2.93 bits per heavy atom. The summed E-state index contributed by atoms with van der Waals surface area (Å²) in [6.07, 6.45) is 4.55. The van der Waals surface area contributed by atoms with Crippen LogP contribution < -0.4 is 5.32 Å². The van der Waals surface area contributed by atoms with Gasteiger partial charge in [-0.15, -0.1) is 11.8 Å². The van der Waals surface area contributed by atoms with Gasteiger partial charge in [-0.05, 0) is 24.5 Å². The lowest BCUT2D eigenvalue weighted by Gasteiger charge is -2.03. The van der Waals surface area contributed by atoms with Gasteiger partial charge >= 0.3 is 0 Å². The van der Waals surface area contributed by atoms with E-state index in [4.69, 9.17) is 5.11 Å². The summed E-state index contributed by atoms with van der Waals surface area (Å²) < 4.78 is 0. The first-order valence-electron chi connectivity index (χ1n) is 5.30. The van der Waals surface area contributed by atoms with Crippen molar-refractivity contribution in [2.45, 2.75) is 30.5 Å². The van der Waals surface area contributed by atoms with Gasteiger partial charge in [0.05, 0.1) is 11.6 Å². The van der Waals surface area contributed by atoms with Crippen LogP contribution in [0.15, 0.2) is 23.4 Å². The Hall–Kier alpha value is -0.580. The Morgan fingerprint density at radius 1 is 1.47 bits per heavy atom. The lowest BCUT2D eigenvalue weighted by molar-refractivity contribution is 0.322. The number of thioether (sulfide) groups is 1. The van der Waals surface area contributed by atoms with Crippen molar-refractivity contribution < 1.29 is 5.11 Å². The zero-order chi connectivity index (χ0) is 10.5. The molecule has 0 aromatic carbocycles. The van der Waals surface area contributed by atoms with Gasteiger partial charge in [-0.25, -0.2) is 4.98 Å². The molecule has 0 saturated heterocycles. The van der Waals surface area contributed by atoms with Crippen molar-refractivity contribution in [2.75, 3.05) is 12.4 Å². The van der Waals surface area contributed by atoms with Crippen molar-refractivity contribution in [3.8, 4) is 0 Å². The van der Waals surface area contributed by atoms with Crippen molar-refractivity contribution in [1.29, 1.82) is 0 Å². The minimum Gasteiger partial charge on any atom is -0.396 e. The first kappa shape index (κ1) is 10.9. The van der Waals surface area contributed by atoms with Crippen LogP contribution in [0.2, 0.25) is 0 Å². The molecule has 0 amide bonds. The second kappa shape index (κ2) is 5.49. The van der Waals surface area contributed by atoms with Gasteiger partial charge in [0.1, 0.15) is 0 Å². The third-order valence-electron chi connectivity index (χ3n) is 2.31. The Labute approximate surface area is 94.3 Å². The van der Waals surface area contributed by atoms with Crippen molar-refractivity contribution >= 4 is 11.8 Å². The molecule has 15 heavy (non-hydrogen) atoms. The summed E-state index contributed by atoms with van der Waals surface area (Å²) in [6, 6.07) is 4.86. The number of nitrogens with one attached hydrogen (secondary N) is 1. The number of hydrogen-bond donors (Lipinski definition) is 2. The highest BCUT2D eigenvalue weighted by molar-refractivity contribution is 7.99. The predicted molar refractivity (Wildman–Crippen MR) is 61.9 cm³/mol. The molecule has 0 unspecified atom stereocenters. The van der Waals surface area contributed by atoms with E-state index in [0.717, 1.165) is 17.6 Å². The summed E-state index contributed by atoms with van der Waals surface area (Å²) in [5, 5.41) is 13.1. The van der Waals surface area contributed by atoms with E-state index < -0.39 is 0 Å². The highest BCUT2D eigenvalue weighted by Crippen LogP contribution is 2.19. The number of pyridine rings is 1. The van der Waals surface area contributed by atoms with E-state index >= 15 is 0 Å². The summed E-state index contributed by atoms with van der Waals surface area (Å²) in [5.74, 6) is 0.715. The molecule has 0 radical (unpaired) electrons. The van der Waals surface area contributed by atoms with Crippen LogP contribution in [0.4, 0.5) is 0 Å². The summed E-state index contributed by atoms with van der Waals surface area (Å²) in [4.78, 5) is 4.33. The van der Waals surface area contributed by atoms with Gasteiger partial charge in [0.2, 0.25) is 0 Å². The lowest BCUT2D eigenvalue weighted by atomic mass is 10.3. The minimum absolute atomic E-state index is 0.206. The number of aliphatic hydroxyl groups excluding tert-OH is 1. The Bertz CT molecular complexity index is 298. The summed E-state index contributed by atoms with van der Waals surface area (Å²) >= 11 is 1.58. The number of aromatic nitrogens is 1. The van der Waals surface area contributed by atoms with Crippen LogP contribution in [0.3, 0.4) is 0 Å². The molecule has 1 fully saturated rings. The monoisotopic (exact) mass is 224 g/mol. The normalized spacial score (nSPS) is 15.5. The summed E-state index contributed by atoms with van der Waals surface area (Å²) in [5.41, 5.74) is 1.23. The van der Waals surface area contributed by atoms with Crippen LogP contribution in [-0.2, 0) is 6.54 Å². The highest BCUT2D eigenvalue weighted by atomic mass is 32.2. The van der Waals surface area contributed by atoms with E-state index in [1.54, 1.807) is 11.8 Å². The number of rotatable bonds is 6. The quantitative estimate of drug-likeness (QED) is 0.717. The third kappa shape index (κ3) is 3.81. The molecular formula is C11H16N2OS. The summed E-state index contributed by atoms with van der Waals surface area (Å²) in [7, 11) is 0. The van der Waals surface area contributed by atoms with Crippen LogP contribution in [-0.4, -0.2) is 28.5 Å². The fourth-order valence-electron chi connectivity index (χ4n) is 1.30. The molecule has 3 nitrogen and oxygen atoms in total. The molecule has 0 spiro atoms. The van der Waals surface area contributed by atoms with Gasteiger partial charge in [-0.1, -0.05) is 6.07 Å². The molecule has 2 rings (SSSR count). The Kier molecular flexibility index (Phi) is 4.00. The first-order valence-corrected chi connectivity index (χ1v) is 6.29. The van der Waals surface area contributed by atoms with Crippen LogP contribution >= 0.6 is 11.8 Å². The smallest absolute Gasteiger partial charge is 0.0960 e. The fourth-order valence-corrected chi connectivity index (χ4v) is 1.89. The Balaban J connectivity index is 1.79. The van der Waals surface area contributed by atoms with Crippen LogP contribution in [0.5, 0.6) is 0 Å². The minimum atomic E-state index is 0.206. The van der Waals surface area contributed by atoms with Gasteiger partial charge in [0, 0.05) is 24.5 Å². The lowest BCUT2D eigenvalue weighted by Crippen LogP contribution is -2.15. The average Bonchev–Trinajstić information content (AvgIpc) is 3.09. The molecule has 4 heteroatoms. The molecular weight excluding hydrogens is 208 g/mol. The van der Waals surface area contributed by atoms with Crippen molar-refractivity contribution in [3.05, 3.63) is 23.9 Å². The Morgan fingerprint density at radius 2 is 2.33 bits per heavy atom. The second-order valence-electron chi connectivity index (χ2n) is 3.73. The van der Waals surface area contributed by atoms with E-state index in [1.165, 1.54) is 18.4 Å². The van der Waals surface area contributed by atoms with Gasteiger partial charge in [0.25, 0.3) is 0 Å². The number of aliphatic hydroxyl groups is 1. The van der Waals surface area contributed by atoms with E-state index in [9.17, 15) is 0 Å². The average molecular weight is 224 g/mol. The highest BCUT2D eigenvalue weighted by Gasteiger charge is 2.19. The predicted octanol–water partition coefficient (Wildman–Crippen LogP) is 1.42. The molecule has 1 aliphatic carbocycles. The summed E-state index contributed by atoms with van der Waals surface area (Å²) in [6.45, 7) is 1.12. The van der Waals surface area contributed by atoms with E-state index in [0.29, 0.717) is 5.75 Å². The standard InChI is InChI=1S/C11H16N2OS/c14-5-6-15-11-4-1-9(8-13-11)7-12-10-2-3-10/h1,4,8,10,12,14H,2-3,5-7H2. The molecule has 1 aromatic heterocycles. The zero-order valence-corrected chi connectivity index (χ0v) is 9.46. The van der Waals surface area contributed by atoms with Crippen molar-refractivity contribution in [2.24, 2.45) is 0 Å². The van der Waals surface area contributed by atoms with Gasteiger partial charge < -0.3 is 10.4 Å². The maximum Gasteiger partial charge on any atom is 0.0960 e. The fraction of sp³-hybridized carbons (Fsp3) is 0.545.